The highest BCUT2D eigenvalue weighted by molar-refractivity contribution is 5.34. The van der Waals surface area contributed by atoms with Crippen LogP contribution in [-0.4, -0.2) is 11.2 Å². The molecule has 0 aromatic rings. The number of rotatable bonds is 4. The van der Waals surface area contributed by atoms with Crippen LogP contribution in [0.1, 0.15) is 105 Å². The minimum atomic E-state index is -0.0356. The fourth-order valence-corrected chi connectivity index (χ4v) is 8.25. The average molecular weight is 385 g/mol. The molecular formula is C27H44O. The highest BCUT2D eigenvalue weighted by Gasteiger charge is 2.55. The summed E-state index contributed by atoms with van der Waals surface area (Å²) >= 11 is 0. The molecule has 0 aliphatic heterocycles. The molecule has 1 N–H and O–H groups in total. The molecule has 2 saturated carbocycles. The minimum absolute atomic E-state index is 0.0356. The van der Waals surface area contributed by atoms with E-state index in [1.54, 1.807) is 0 Å². The lowest BCUT2D eigenvalue weighted by Crippen LogP contribution is -2.45. The Hall–Kier alpha value is -0.560. The minimum Gasteiger partial charge on any atom is -0.393 e. The van der Waals surface area contributed by atoms with Crippen LogP contribution in [-0.2, 0) is 0 Å². The fraction of sp³-hybridized carbons (Fsp3) is 0.852. The molecule has 0 spiro atoms. The van der Waals surface area contributed by atoms with Gasteiger partial charge in [-0.05, 0) is 119 Å². The van der Waals surface area contributed by atoms with Crippen LogP contribution in [0, 0.1) is 34.5 Å². The smallest absolute Gasteiger partial charge is 0.0543 e. The van der Waals surface area contributed by atoms with Crippen LogP contribution in [0.3, 0.4) is 0 Å². The first-order valence-corrected chi connectivity index (χ1v) is 12.3. The van der Waals surface area contributed by atoms with Crippen molar-refractivity contribution in [2.24, 2.45) is 34.5 Å². The largest absolute Gasteiger partial charge is 0.393 e. The van der Waals surface area contributed by atoms with Gasteiger partial charge in [-0.25, -0.2) is 0 Å². The van der Waals surface area contributed by atoms with E-state index in [-0.39, 0.29) is 6.10 Å². The summed E-state index contributed by atoms with van der Waals surface area (Å²) in [5.74, 6) is 3.36. The number of hydrogen-bond acceptors (Lipinski definition) is 1. The van der Waals surface area contributed by atoms with Gasteiger partial charge in [0, 0.05) is 0 Å². The van der Waals surface area contributed by atoms with E-state index in [0.717, 1.165) is 36.5 Å². The van der Waals surface area contributed by atoms with Crippen LogP contribution < -0.4 is 0 Å². The van der Waals surface area contributed by atoms with Crippen LogP contribution in [0.15, 0.2) is 22.8 Å². The monoisotopic (exact) mass is 384 g/mol. The zero-order chi connectivity index (χ0) is 20.1. The summed E-state index contributed by atoms with van der Waals surface area (Å²) in [6.45, 7) is 12.2. The van der Waals surface area contributed by atoms with Crippen molar-refractivity contribution in [3.8, 4) is 0 Å². The predicted molar refractivity (Wildman–Crippen MR) is 119 cm³/mol. The average Bonchev–Trinajstić information content (AvgIpc) is 2.99. The maximum Gasteiger partial charge on any atom is 0.0543 e. The van der Waals surface area contributed by atoms with E-state index in [4.69, 9.17) is 0 Å². The van der Waals surface area contributed by atoms with Crippen molar-refractivity contribution in [3.05, 3.63) is 22.8 Å². The molecule has 5 unspecified atom stereocenters. The van der Waals surface area contributed by atoms with Gasteiger partial charge in [0.25, 0.3) is 0 Å². The molecule has 2 fully saturated rings. The zero-order valence-corrected chi connectivity index (χ0v) is 19.2. The molecule has 28 heavy (non-hydrogen) atoms. The van der Waals surface area contributed by atoms with Crippen LogP contribution in [0.4, 0.5) is 0 Å². The summed E-state index contributed by atoms with van der Waals surface area (Å²) in [5.41, 5.74) is 6.19. The van der Waals surface area contributed by atoms with Crippen LogP contribution in [0.25, 0.3) is 0 Å². The molecular weight excluding hydrogens is 340 g/mol. The highest BCUT2D eigenvalue weighted by atomic mass is 16.3. The third-order valence-electron chi connectivity index (χ3n) is 9.90. The van der Waals surface area contributed by atoms with E-state index < -0.39 is 0 Å². The number of aliphatic hydroxyl groups excluding tert-OH is 1. The van der Waals surface area contributed by atoms with Crippen LogP contribution >= 0.6 is 0 Å². The molecule has 4 aliphatic rings. The number of aliphatic hydroxyl groups is 1. The normalized spacial score (nSPS) is 43.8. The quantitative estimate of drug-likeness (QED) is 0.499. The van der Waals surface area contributed by atoms with E-state index in [2.05, 4.69) is 40.7 Å². The van der Waals surface area contributed by atoms with Gasteiger partial charge in [0.15, 0.2) is 0 Å². The molecule has 0 saturated heterocycles. The Morgan fingerprint density at radius 1 is 1.11 bits per heavy atom. The zero-order valence-electron chi connectivity index (χ0n) is 19.2. The van der Waals surface area contributed by atoms with Gasteiger partial charge in [-0.15, -0.1) is 0 Å². The maximum atomic E-state index is 10.2. The lowest BCUT2D eigenvalue weighted by molar-refractivity contribution is 0.0133. The van der Waals surface area contributed by atoms with Gasteiger partial charge in [0.2, 0.25) is 0 Å². The van der Waals surface area contributed by atoms with Crippen molar-refractivity contribution in [2.45, 2.75) is 111 Å². The summed E-state index contributed by atoms with van der Waals surface area (Å²) in [6.07, 6.45) is 16.7. The Kier molecular flexibility index (Phi) is 5.62. The Labute approximate surface area is 174 Å². The van der Waals surface area contributed by atoms with Gasteiger partial charge in [-0.1, -0.05) is 43.6 Å². The third kappa shape index (κ3) is 3.34. The van der Waals surface area contributed by atoms with Crippen molar-refractivity contribution in [1.82, 2.24) is 0 Å². The van der Waals surface area contributed by atoms with Crippen LogP contribution in [0.2, 0.25) is 0 Å². The van der Waals surface area contributed by atoms with Gasteiger partial charge in [-0.3, -0.25) is 0 Å². The van der Waals surface area contributed by atoms with E-state index in [1.807, 2.05) is 11.1 Å². The van der Waals surface area contributed by atoms with E-state index in [1.165, 1.54) is 63.4 Å². The first-order chi connectivity index (χ1) is 13.3. The van der Waals surface area contributed by atoms with E-state index in [0.29, 0.717) is 10.8 Å². The predicted octanol–water partition coefficient (Wildman–Crippen LogP) is 7.45. The molecule has 0 aromatic heterocycles. The van der Waals surface area contributed by atoms with Gasteiger partial charge in [0.05, 0.1) is 6.10 Å². The Bertz CT molecular complexity index is 653. The lowest BCUT2D eigenvalue weighted by atomic mass is 9.50. The summed E-state index contributed by atoms with van der Waals surface area (Å²) in [5, 5.41) is 10.2. The van der Waals surface area contributed by atoms with Gasteiger partial charge in [0.1, 0.15) is 0 Å². The molecule has 0 amide bonds. The summed E-state index contributed by atoms with van der Waals surface area (Å²) in [4.78, 5) is 0. The topological polar surface area (TPSA) is 20.2 Å². The number of hydrogen-bond donors (Lipinski definition) is 1. The second kappa shape index (κ2) is 7.60. The Morgan fingerprint density at radius 2 is 1.89 bits per heavy atom. The summed E-state index contributed by atoms with van der Waals surface area (Å²) < 4.78 is 0. The first kappa shape index (κ1) is 20.7. The first-order valence-electron chi connectivity index (χ1n) is 12.3. The molecule has 0 bridgehead atoms. The van der Waals surface area contributed by atoms with Crippen molar-refractivity contribution in [3.63, 3.8) is 0 Å². The molecule has 1 nitrogen and oxygen atoms in total. The second-order valence-electron chi connectivity index (χ2n) is 11.7. The number of allylic oxidation sites excluding steroid dienone is 4. The second-order valence-corrected chi connectivity index (χ2v) is 11.7. The highest BCUT2D eigenvalue weighted by Crippen LogP contribution is 2.65. The molecule has 4 rings (SSSR count). The molecule has 0 heterocycles. The Morgan fingerprint density at radius 3 is 2.64 bits per heavy atom. The van der Waals surface area contributed by atoms with Gasteiger partial charge in [-0.2, -0.15) is 0 Å². The van der Waals surface area contributed by atoms with Crippen molar-refractivity contribution in [1.29, 1.82) is 0 Å². The van der Waals surface area contributed by atoms with Crippen molar-refractivity contribution < 1.29 is 5.11 Å². The fourth-order valence-electron chi connectivity index (χ4n) is 8.25. The molecule has 0 radical (unpaired) electrons. The lowest BCUT2D eigenvalue weighted by Gasteiger charge is -2.55. The van der Waals surface area contributed by atoms with Crippen LogP contribution in [0.5, 0.6) is 0 Å². The summed E-state index contributed by atoms with van der Waals surface area (Å²) in [7, 11) is 0. The molecule has 1 heteroatoms. The number of fused-ring (bicyclic) bond motifs is 4. The van der Waals surface area contributed by atoms with Gasteiger partial charge < -0.3 is 5.11 Å². The molecule has 7 atom stereocenters. The molecule has 158 valence electrons. The SMILES string of the molecule is CC(C)=CCCC(C)C1CCC2C3=C(CC[C@@]21C)[C@@]1(C)CCC(O)CC1CC3. The molecule has 0 aromatic carbocycles. The maximum absolute atomic E-state index is 10.2. The van der Waals surface area contributed by atoms with E-state index in [9.17, 15) is 5.11 Å². The van der Waals surface area contributed by atoms with Gasteiger partial charge >= 0.3 is 0 Å². The van der Waals surface area contributed by atoms with E-state index >= 15 is 0 Å². The third-order valence-corrected chi connectivity index (χ3v) is 9.90. The van der Waals surface area contributed by atoms with Crippen molar-refractivity contribution >= 4 is 0 Å². The molecule has 4 aliphatic carbocycles. The van der Waals surface area contributed by atoms with Crippen molar-refractivity contribution in [2.75, 3.05) is 0 Å². The standard InChI is InChI=1S/C27H44O/c1-18(2)7-6-8-19(3)23-11-12-24-22-10-9-20-17-21(28)13-15-26(20,4)25(22)14-16-27(23,24)5/h7,19-21,23-24,28H,6,8-17H2,1-5H3/t19?,20?,21?,23?,24?,26-,27+/m0/s1. The summed E-state index contributed by atoms with van der Waals surface area (Å²) in [6, 6.07) is 0. The Balaban J connectivity index is 1.55.